The number of carbonyl (C=O) groups is 3. The minimum absolute atomic E-state index is 0.0371. The number of benzene rings is 3. The van der Waals surface area contributed by atoms with E-state index in [1.807, 2.05) is 81.4 Å². The molecule has 2 N–H and O–H groups in total. The zero-order chi connectivity index (χ0) is 29.0. The first-order valence-corrected chi connectivity index (χ1v) is 12.9. The Labute approximate surface area is 234 Å². The lowest BCUT2D eigenvalue weighted by Gasteiger charge is -2.22. The average molecular weight is 543 g/mol. The maximum Gasteiger partial charge on any atom is 0.408 e. The second-order valence-electron chi connectivity index (χ2n) is 10.2. The molecule has 3 aromatic carbocycles. The first-order chi connectivity index (χ1) is 19.1. The molecule has 208 valence electrons. The zero-order valence-electron chi connectivity index (χ0n) is 22.9. The van der Waals surface area contributed by atoms with Crippen LogP contribution in [0.1, 0.15) is 37.5 Å². The number of ketones is 1. The fraction of sp³-hybridized carbons (Fsp3) is 0.290. The summed E-state index contributed by atoms with van der Waals surface area (Å²) in [6, 6.07) is 23.4. The fourth-order valence-corrected chi connectivity index (χ4v) is 3.89. The Morgan fingerprint density at radius 2 is 1.35 bits per heavy atom. The van der Waals surface area contributed by atoms with Gasteiger partial charge in [-0.3, -0.25) is 9.59 Å². The number of nitrogens with zero attached hydrogens (tertiary/aromatic N) is 2. The number of alkyl carbamates (subject to hydrolysis) is 1. The lowest BCUT2D eigenvalue weighted by molar-refractivity contribution is -0.127. The van der Waals surface area contributed by atoms with Crippen LogP contribution in [-0.4, -0.2) is 46.5 Å². The molecule has 0 saturated heterocycles. The van der Waals surface area contributed by atoms with Crippen molar-refractivity contribution >= 4 is 24.0 Å². The summed E-state index contributed by atoms with van der Waals surface area (Å²) in [5.74, 6) is -0.518. The Bertz CT molecular complexity index is 1320. The Morgan fingerprint density at radius 3 is 1.93 bits per heavy atom. The number of hydrogen-bond acceptors (Lipinski definition) is 5. The molecule has 0 aliphatic carbocycles. The van der Waals surface area contributed by atoms with Crippen LogP contribution >= 0.6 is 0 Å². The first kappa shape index (κ1) is 29.8. The Hall–Kier alpha value is -4.75. The van der Waals surface area contributed by atoms with E-state index in [2.05, 4.69) is 15.4 Å². The number of nitrogens with one attached hydrogen (secondary N) is 2. The van der Waals surface area contributed by atoms with Crippen molar-refractivity contribution in [3.05, 3.63) is 107 Å². The highest BCUT2D eigenvalue weighted by molar-refractivity contribution is 6.28. The number of rotatable bonds is 12. The summed E-state index contributed by atoms with van der Waals surface area (Å²) in [6.07, 6.45) is 0.272. The molecule has 0 radical (unpaired) electrons. The minimum atomic E-state index is -1.04. The minimum Gasteiger partial charge on any atom is -0.488 e. The van der Waals surface area contributed by atoms with Crippen LogP contribution < -0.4 is 15.4 Å². The molecular formula is C31H34N4O5. The third kappa shape index (κ3) is 10.2. The van der Waals surface area contributed by atoms with Crippen LogP contribution in [0, 0.1) is 0 Å². The van der Waals surface area contributed by atoms with Gasteiger partial charge in [0.25, 0.3) is 5.78 Å². The van der Waals surface area contributed by atoms with Crippen molar-refractivity contribution in [3.63, 3.8) is 0 Å². The van der Waals surface area contributed by atoms with E-state index in [0.29, 0.717) is 5.75 Å². The second-order valence-corrected chi connectivity index (χ2v) is 10.2. The summed E-state index contributed by atoms with van der Waals surface area (Å²) in [6.45, 7) is 5.86. The zero-order valence-corrected chi connectivity index (χ0v) is 22.9. The summed E-state index contributed by atoms with van der Waals surface area (Å²) in [5, 5.41) is 5.33. The molecule has 9 heteroatoms. The number of hydrogen-bond donors (Lipinski definition) is 2. The van der Waals surface area contributed by atoms with Crippen molar-refractivity contribution in [2.45, 2.75) is 57.9 Å². The van der Waals surface area contributed by atoms with Crippen LogP contribution in [0.25, 0.3) is 5.53 Å². The predicted molar refractivity (Wildman–Crippen MR) is 151 cm³/mol. The van der Waals surface area contributed by atoms with E-state index in [-0.39, 0.29) is 25.0 Å². The van der Waals surface area contributed by atoms with Gasteiger partial charge in [-0.1, -0.05) is 72.8 Å². The lowest BCUT2D eigenvalue weighted by atomic mass is 10.0. The van der Waals surface area contributed by atoms with Gasteiger partial charge in [0.15, 0.2) is 0 Å². The van der Waals surface area contributed by atoms with Crippen LogP contribution in [0.15, 0.2) is 84.9 Å². The van der Waals surface area contributed by atoms with Crippen LogP contribution in [0.5, 0.6) is 5.75 Å². The molecule has 0 heterocycles. The van der Waals surface area contributed by atoms with Crippen molar-refractivity contribution in [3.8, 4) is 5.75 Å². The van der Waals surface area contributed by atoms with Crippen LogP contribution in [-0.2, 0) is 33.8 Å². The Kier molecular flexibility index (Phi) is 10.7. The summed E-state index contributed by atoms with van der Waals surface area (Å²) in [5.41, 5.74) is 10.9. The normalized spacial score (nSPS) is 12.3. The molecule has 40 heavy (non-hydrogen) atoms. The molecule has 0 aromatic heterocycles. The highest BCUT2D eigenvalue weighted by Crippen LogP contribution is 2.19. The van der Waals surface area contributed by atoms with Gasteiger partial charge in [-0.15, -0.1) is 0 Å². The summed E-state index contributed by atoms with van der Waals surface area (Å²) >= 11 is 0. The molecule has 9 nitrogen and oxygen atoms in total. The van der Waals surface area contributed by atoms with Gasteiger partial charge in [0.1, 0.15) is 30.0 Å². The highest BCUT2D eigenvalue weighted by atomic mass is 16.5. The fourth-order valence-electron chi connectivity index (χ4n) is 3.89. The summed E-state index contributed by atoms with van der Waals surface area (Å²) in [4.78, 5) is 41.6. The van der Waals surface area contributed by atoms with Crippen molar-refractivity contribution < 1.29 is 28.6 Å². The van der Waals surface area contributed by atoms with Gasteiger partial charge in [0.2, 0.25) is 5.91 Å². The maximum absolute atomic E-state index is 13.4. The SMILES string of the molecule is CC(C)(C)Oc1ccc(CC(NC(=O)C(Cc2ccccc2)NC(=O)OCc2ccccc2)C(=O)C=[N+]=[N-])cc1. The molecule has 0 fully saturated rings. The van der Waals surface area contributed by atoms with E-state index in [1.165, 1.54) is 0 Å². The lowest BCUT2D eigenvalue weighted by Crippen LogP contribution is -2.53. The van der Waals surface area contributed by atoms with E-state index in [0.717, 1.165) is 22.9 Å². The quantitative estimate of drug-likeness (QED) is 0.200. The highest BCUT2D eigenvalue weighted by Gasteiger charge is 2.28. The second kappa shape index (κ2) is 14.4. The molecule has 0 aliphatic heterocycles. The Balaban J connectivity index is 1.74. The van der Waals surface area contributed by atoms with Gasteiger partial charge in [-0.05, 0) is 49.6 Å². The van der Waals surface area contributed by atoms with Gasteiger partial charge in [-0.2, -0.15) is 4.79 Å². The smallest absolute Gasteiger partial charge is 0.408 e. The number of ether oxygens (including phenoxy) is 2. The molecule has 0 aliphatic rings. The number of carbonyl (C=O) groups excluding carboxylic acids is 3. The molecule has 2 atom stereocenters. The number of amides is 2. The Morgan fingerprint density at radius 1 is 0.800 bits per heavy atom. The van der Waals surface area contributed by atoms with Crippen molar-refractivity contribution in [1.82, 2.24) is 10.6 Å². The molecule has 2 unspecified atom stereocenters. The molecule has 0 saturated carbocycles. The largest absolute Gasteiger partial charge is 0.488 e. The van der Waals surface area contributed by atoms with E-state index >= 15 is 0 Å². The molecule has 2 amide bonds. The van der Waals surface area contributed by atoms with Gasteiger partial charge in [0.05, 0.1) is 0 Å². The van der Waals surface area contributed by atoms with Gasteiger partial charge < -0.3 is 25.6 Å². The van der Waals surface area contributed by atoms with Gasteiger partial charge >= 0.3 is 12.3 Å². The van der Waals surface area contributed by atoms with E-state index < -0.39 is 29.9 Å². The molecule has 3 rings (SSSR count). The van der Waals surface area contributed by atoms with Crippen molar-refractivity contribution in [2.75, 3.05) is 0 Å². The van der Waals surface area contributed by atoms with Crippen molar-refractivity contribution in [1.29, 1.82) is 0 Å². The molecular weight excluding hydrogens is 508 g/mol. The van der Waals surface area contributed by atoms with Gasteiger partial charge in [0, 0.05) is 12.8 Å². The van der Waals surface area contributed by atoms with Crippen LogP contribution in [0.3, 0.4) is 0 Å². The van der Waals surface area contributed by atoms with Crippen LogP contribution in [0.4, 0.5) is 4.79 Å². The van der Waals surface area contributed by atoms with Crippen molar-refractivity contribution in [2.24, 2.45) is 0 Å². The topological polar surface area (TPSA) is 130 Å². The molecule has 3 aromatic rings. The molecule has 0 spiro atoms. The van der Waals surface area contributed by atoms with E-state index in [9.17, 15) is 14.4 Å². The predicted octanol–water partition coefficient (Wildman–Crippen LogP) is 4.30. The van der Waals surface area contributed by atoms with Gasteiger partial charge in [-0.25, -0.2) is 4.79 Å². The van der Waals surface area contributed by atoms with E-state index in [4.69, 9.17) is 15.0 Å². The maximum atomic E-state index is 13.4. The number of Topliss-reactive ketones (excluding diaryl/α,β-unsaturated/α-hetero) is 1. The third-order valence-electron chi connectivity index (χ3n) is 5.74. The first-order valence-electron chi connectivity index (χ1n) is 12.9. The standard InChI is InChI=1S/C31H34N4O5/c1-31(2,3)40-25-16-14-23(15-17-25)18-26(28(36)20-33-32)34-29(37)27(19-22-10-6-4-7-11-22)35-30(38)39-21-24-12-8-5-9-13-24/h4-17,20,26-27H,18-19,21H2,1-3H3,(H,34,37)(H,35,38). The monoisotopic (exact) mass is 542 g/mol. The van der Waals surface area contributed by atoms with E-state index in [1.54, 1.807) is 24.3 Å². The van der Waals surface area contributed by atoms with Crippen LogP contribution in [0.2, 0.25) is 0 Å². The third-order valence-corrected chi connectivity index (χ3v) is 5.74. The summed E-state index contributed by atoms with van der Waals surface area (Å²) < 4.78 is 11.2. The molecule has 0 bridgehead atoms. The summed E-state index contributed by atoms with van der Waals surface area (Å²) in [7, 11) is 0. The average Bonchev–Trinajstić information content (AvgIpc) is 2.92.